The van der Waals surface area contributed by atoms with Crippen LogP contribution in [0, 0.1) is 0 Å². The molecule has 24 heavy (non-hydrogen) atoms. The molecule has 2 N–H and O–H groups in total. The van der Waals surface area contributed by atoms with E-state index in [0.29, 0.717) is 5.56 Å². The Bertz CT molecular complexity index is 668. The Morgan fingerprint density at radius 1 is 1.25 bits per heavy atom. The van der Waals surface area contributed by atoms with Crippen molar-refractivity contribution in [3.63, 3.8) is 0 Å². The maximum atomic E-state index is 12.5. The fourth-order valence-corrected chi connectivity index (χ4v) is 1.81. The third-order valence-electron chi connectivity index (χ3n) is 2.96. The second kappa shape index (κ2) is 7.93. The Balaban J connectivity index is 1.96. The minimum absolute atomic E-state index is 0.00653. The summed E-state index contributed by atoms with van der Waals surface area (Å²) in [5.74, 6) is -0.449. The summed E-state index contributed by atoms with van der Waals surface area (Å²) >= 11 is 0. The van der Waals surface area contributed by atoms with Gasteiger partial charge in [-0.3, -0.25) is 4.79 Å². The predicted octanol–water partition coefficient (Wildman–Crippen LogP) is 2.10. The van der Waals surface area contributed by atoms with Crippen LogP contribution in [-0.2, 0) is 10.9 Å². The van der Waals surface area contributed by atoms with E-state index >= 15 is 0 Å². The number of carbonyl (C=O) groups is 1. The minimum Gasteiger partial charge on any atom is -0.444 e. The first-order chi connectivity index (χ1) is 11.4. The van der Waals surface area contributed by atoms with E-state index in [4.69, 9.17) is 14.3 Å². The van der Waals surface area contributed by atoms with Crippen molar-refractivity contribution < 1.29 is 32.2 Å². The van der Waals surface area contributed by atoms with E-state index in [1.165, 1.54) is 12.1 Å². The normalized spacial score (nSPS) is 11.5. The van der Waals surface area contributed by atoms with Crippen molar-refractivity contribution in [3.05, 3.63) is 41.8 Å². The molecule has 9 heteroatoms. The fourth-order valence-electron chi connectivity index (χ4n) is 1.81. The van der Waals surface area contributed by atoms with E-state index in [9.17, 15) is 18.0 Å². The molecular weight excluding hydrogens is 329 g/mol. The molecule has 1 heterocycles. The highest BCUT2D eigenvalue weighted by Crippen LogP contribution is 2.30. The molecule has 0 spiro atoms. The number of nitrogens with one attached hydrogen (secondary N) is 1. The van der Waals surface area contributed by atoms with Crippen LogP contribution < -0.4 is 5.32 Å². The number of halogens is 3. The van der Waals surface area contributed by atoms with Crippen LogP contribution >= 0.6 is 0 Å². The second-order valence-corrected chi connectivity index (χ2v) is 4.70. The molecule has 0 unspecified atom stereocenters. The minimum atomic E-state index is -4.42. The SMILES string of the molecule is O=C(NCCOCCO)c1coc(-c2ccc(C(F)(F)F)cc2)n1. The summed E-state index contributed by atoms with van der Waals surface area (Å²) in [5.41, 5.74) is -0.445. The van der Waals surface area contributed by atoms with Crippen LogP contribution in [0.5, 0.6) is 0 Å². The molecule has 2 rings (SSSR count). The number of carbonyl (C=O) groups excluding carboxylic acids is 1. The van der Waals surface area contributed by atoms with Gasteiger partial charge in [0.2, 0.25) is 5.89 Å². The Labute approximate surface area is 135 Å². The van der Waals surface area contributed by atoms with E-state index in [0.717, 1.165) is 18.4 Å². The zero-order valence-corrected chi connectivity index (χ0v) is 12.5. The Morgan fingerprint density at radius 2 is 1.96 bits per heavy atom. The smallest absolute Gasteiger partial charge is 0.416 e. The number of nitrogens with zero attached hydrogens (tertiary/aromatic N) is 1. The highest BCUT2D eigenvalue weighted by atomic mass is 19.4. The largest absolute Gasteiger partial charge is 0.444 e. The van der Waals surface area contributed by atoms with E-state index < -0.39 is 17.6 Å². The first kappa shape index (κ1) is 18.0. The molecule has 2 aromatic rings. The van der Waals surface area contributed by atoms with Crippen molar-refractivity contribution >= 4 is 5.91 Å². The number of rotatable bonds is 7. The van der Waals surface area contributed by atoms with Crippen LogP contribution in [0.15, 0.2) is 34.9 Å². The lowest BCUT2D eigenvalue weighted by atomic mass is 10.1. The monoisotopic (exact) mass is 344 g/mol. The predicted molar refractivity (Wildman–Crippen MR) is 77.2 cm³/mol. The van der Waals surface area contributed by atoms with Gasteiger partial charge in [-0.25, -0.2) is 4.98 Å². The van der Waals surface area contributed by atoms with Crippen LogP contribution in [0.1, 0.15) is 16.1 Å². The average Bonchev–Trinajstić information content (AvgIpc) is 3.04. The van der Waals surface area contributed by atoms with Crippen molar-refractivity contribution in [2.24, 2.45) is 0 Å². The lowest BCUT2D eigenvalue weighted by Gasteiger charge is -2.06. The third kappa shape index (κ3) is 4.80. The molecule has 0 saturated heterocycles. The van der Waals surface area contributed by atoms with Gasteiger partial charge in [-0.05, 0) is 24.3 Å². The van der Waals surface area contributed by atoms with Gasteiger partial charge in [0.05, 0.1) is 25.4 Å². The van der Waals surface area contributed by atoms with Gasteiger partial charge in [0.15, 0.2) is 5.69 Å². The van der Waals surface area contributed by atoms with Crippen molar-refractivity contribution in [2.75, 3.05) is 26.4 Å². The molecule has 1 aromatic heterocycles. The third-order valence-corrected chi connectivity index (χ3v) is 2.96. The first-order valence-electron chi connectivity index (χ1n) is 7.02. The summed E-state index contributed by atoms with van der Waals surface area (Å²) in [4.78, 5) is 15.8. The van der Waals surface area contributed by atoms with Crippen molar-refractivity contribution in [1.29, 1.82) is 0 Å². The molecule has 0 bridgehead atoms. The van der Waals surface area contributed by atoms with Gasteiger partial charge in [0.25, 0.3) is 5.91 Å². The van der Waals surface area contributed by atoms with Crippen LogP contribution in [0.25, 0.3) is 11.5 Å². The summed E-state index contributed by atoms with van der Waals surface area (Å²) in [6, 6.07) is 4.27. The van der Waals surface area contributed by atoms with Crippen LogP contribution in [0.2, 0.25) is 0 Å². The van der Waals surface area contributed by atoms with Gasteiger partial charge in [0.1, 0.15) is 6.26 Å². The van der Waals surface area contributed by atoms with E-state index in [1.54, 1.807) is 0 Å². The highest BCUT2D eigenvalue weighted by Gasteiger charge is 2.30. The number of hydrogen-bond acceptors (Lipinski definition) is 5. The molecular formula is C15H15F3N2O4. The molecule has 1 aromatic carbocycles. The van der Waals surface area contributed by atoms with Gasteiger partial charge in [-0.1, -0.05) is 0 Å². The maximum absolute atomic E-state index is 12.5. The highest BCUT2D eigenvalue weighted by molar-refractivity contribution is 5.92. The summed E-state index contributed by atoms with van der Waals surface area (Å²) in [6.45, 7) is 0.531. The number of ether oxygens (including phenoxy) is 1. The Kier molecular flexibility index (Phi) is 5.93. The second-order valence-electron chi connectivity index (χ2n) is 4.70. The molecule has 0 atom stereocenters. The summed E-state index contributed by atoms with van der Waals surface area (Å²) in [6.07, 6.45) is -3.30. The number of hydrogen-bond donors (Lipinski definition) is 2. The number of aliphatic hydroxyl groups excluding tert-OH is 1. The van der Waals surface area contributed by atoms with E-state index in [1.807, 2.05) is 0 Å². The zero-order chi connectivity index (χ0) is 17.6. The maximum Gasteiger partial charge on any atom is 0.416 e. The van der Waals surface area contributed by atoms with E-state index in [-0.39, 0.29) is 38.0 Å². The summed E-state index contributed by atoms with van der Waals surface area (Å²) < 4.78 is 47.6. The average molecular weight is 344 g/mol. The molecule has 1 amide bonds. The Morgan fingerprint density at radius 3 is 2.58 bits per heavy atom. The van der Waals surface area contributed by atoms with Crippen molar-refractivity contribution in [2.45, 2.75) is 6.18 Å². The number of aromatic nitrogens is 1. The molecule has 0 saturated carbocycles. The van der Waals surface area contributed by atoms with Gasteiger partial charge >= 0.3 is 6.18 Å². The van der Waals surface area contributed by atoms with Crippen molar-refractivity contribution in [1.82, 2.24) is 10.3 Å². The number of aliphatic hydroxyl groups is 1. The number of amides is 1. The lowest BCUT2D eigenvalue weighted by Crippen LogP contribution is -2.27. The van der Waals surface area contributed by atoms with Gasteiger partial charge in [0, 0.05) is 12.1 Å². The molecule has 0 aliphatic heterocycles. The standard InChI is InChI=1S/C15H15F3N2O4/c16-15(17,18)11-3-1-10(2-4-11)14-20-12(9-24-14)13(22)19-5-7-23-8-6-21/h1-4,9,21H,5-8H2,(H,19,22). The van der Waals surface area contributed by atoms with Crippen LogP contribution in [-0.4, -0.2) is 42.4 Å². The molecule has 0 fully saturated rings. The quantitative estimate of drug-likeness (QED) is 0.752. The number of benzene rings is 1. The first-order valence-corrected chi connectivity index (χ1v) is 7.02. The lowest BCUT2D eigenvalue weighted by molar-refractivity contribution is -0.137. The van der Waals surface area contributed by atoms with Gasteiger partial charge in [-0.15, -0.1) is 0 Å². The molecule has 0 aliphatic rings. The molecule has 0 aliphatic carbocycles. The van der Waals surface area contributed by atoms with Gasteiger partial charge in [-0.2, -0.15) is 13.2 Å². The van der Waals surface area contributed by atoms with Crippen LogP contribution in [0.4, 0.5) is 13.2 Å². The van der Waals surface area contributed by atoms with Crippen LogP contribution in [0.3, 0.4) is 0 Å². The number of alkyl halides is 3. The number of oxazole rings is 1. The molecule has 0 radical (unpaired) electrons. The topological polar surface area (TPSA) is 84.6 Å². The summed E-state index contributed by atoms with van der Waals surface area (Å²) in [7, 11) is 0. The van der Waals surface area contributed by atoms with Crippen molar-refractivity contribution in [3.8, 4) is 11.5 Å². The fraction of sp³-hybridized carbons (Fsp3) is 0.333. The summed E-state index contributed by atoms with van der Waals surface area (Å²) in [5, 5.41) is 11.1. The Hall–Kier alpha value is -2.39. The van der Waals surface area contributed by atoms with Gasteiger partial charge < -0.3 is 19.6 Å². The molecule has 130 valence electrons. The van der Waals surface area contributed by atoms with E-state index in [2.05, 4.69) is 10.3 Å². The molecule has 6 nitrogen and oxygen atoms in total. The zero-order valence-electron chi connectivity index (χ0n) is 12.5.